The number of halogens is 1. The molecule has 1 heterocycles. The maximum atomic E-state index is 10.8. The van der Waals surface area contributed by atoms with Crippen LogP contribution in [0, 0.1) is 6.92 Å². The van der Waals surface area contributed by atoms with E-state index in [-0.39, 0.29) is 0 Å². The summed E-state index contributed by atoms with van der Waals surface area (Å²) in [7, 11) is 0. The summed E-state index contributed by atoms with van der Waals surface area (Å²) in [5.41, 5.74) is 0.987. The second kappa shape index (κ2) is 3.53. The zero-order valence-corrected chi connectivity index (χ0v) is 8.28. The van der Waals surface area contributed by atoms with Gasteiger partial charge in [0.2, 0.25) is 0 Å². The maximum Gasteiger partial charge on any atom is 0.266 e. The smallest absolute Gasteiger partial charge is 0.266 e. The van der Waals surface area contributed by atoms with Gasteiger partial charge in [-0.05, 0) is 34.5 Å². The lowest BCUT2D eigenvalue weighted by Crippen LogP contribution is -2.14. The third-order valence-corrected chi connectivity index (χ3v) is 2.15. The number of pyridine rings is 1. The summed E-state index contributed by atoms with van der Waals surface area (Å²) in [6, 6.07) is 3.53. The molecule has 0 aromatic carbocycles. The van der Waals surface area contributed by atoms with Gasteiger partial charge in [-0.1, -0.05) is 0 Å². The SMILES string of the molecule is Cc1cc(Br)nc([S+](N)[O-])c1. The van der Waals surface area contributed by atoms with Gasteiger partial charge < -0.3 is 4.55 Å². The van der Waals surface area contributed by atoms with Gasteiger partial charge in [-0.3, -0.25) is 0 Å². The van der Waals surface area contributed by atoms with Crippen molar-refractivity contribution in [2.45, 2.75) is 11.9 Å². The van der Waals surface area contributed by atoms with Gasteiger partial charge in [0.15, 0.2) is 0 Å². The molecule has 0 aliphatic heterocycles. The zero-order valence-electron chi connectivity index (χ0n) is 5.87. The van der Waals surface area contributed by atoms with Crippen molar-refractivity contribution in [3.63, 3.8) is 0 Å². The molecule has 3 nitrogen and oxygen atoms in total. The zero-order chi connectivity index (χ0) is 8.43. The number of aromatic nitrogens is 1. The Morgan fingerprint density at radius 1 is 1.64 bits per heavy atom. The van der Waals surface area contributed by atoms with Crippen LogP contribution in [0.15, 0.2) is 21.8 Å². The average Bonchev–Trinajstić information content (AvgIpc) is 1.85. The maximum absolute atomic E-state index is 10.8. The van der Waals surface area contributed by atoms with Gasteiger partial charge in [-0.15, -0.1) is 5.14 Å². The Hall–Kier alpha value is -0.100. The van der Waals surface area contributed by atoms with Crippen molar-refractivity contribution in [1.82, 2.24) is 4.98 Å². The van der Waals surface area contributed by atoms with Gasteiger partial charge in [0, 0.05) is 6.07 Å². The van der Waals surface area contributed by atoms with Crippen LogP contribution < -0.4 is 5.14 Å². The summed E-state index contributed by atoms with van der Waals surface area (Å²) < 4.78 is 11.4. The largest absolute Gasteiger partial charge is 0.592 e. The van der Waals surface area contributed by atoms with Crippen LogP contribution >= 0.6 is 15.9 Å². The molecule has 1 atom stereocenters. The molecule has 1 aromatic heterocycles. The first-order chi connectivity index (χ1) is 5.09. The molecule has 1 rings (SSSR count). The van der Waals surface area contributed by atoms with E-state index in [1.807, 2.05) is 13.0 Å². The van der Waals surface area contributed by atoms with E-state index in [0.29, 0.717) is 9.63 Å². The fourth-order valence-corrected chi connectivity index (χ4v) is 1.86. The number of aryl methyl sites for hydroxylation is 1. The highest BCUT2D eigenvalue weighted by Gasteiger charge is 2.08. The average molecular weight is 235 g/mol. The van der Waals surface area contributed by atoms with E-state index in [0.717, 1.165) is 5.56 Å². The second-order valence-electron chi connectivity index (χ2n) is 2.10. The van der Waals surface area contributed by atoms with Gasteiger partial charge in [-0.25, -0.2) is 0 Å². The van der Waals surface area contributed by atoms with E-state index in [1.165, 1.54) is 0 Å². The Bertz CT molecular complexity index is 247. The predicted molar refractivity (Wildman–Crippen MR) is 47.3 cm³/mol. The quantitative estimate of drug-likeness (QED) is 0.586. The molecule has 0 aliphatic carbocycles. The lowest BCUT2D eigenvalue weighted by Gasteiger charge is -2.02. The third kappa shape index (κ3) is 2.44. The molecular formula is C6H7BrN2OS. The van der Waals surface area contributed by atoms with Crippen LogP contribution in [0.2, 0.25) is 0 Å². The first-order valence-electron chi connectivity index (χ1n) is 2.90. The molecule has 0 saturated heterocycles. The Morgan fingerprint density at radius 2 is 2.27 bits per heavy atom. The normalized spacial score (nSPS) is 13.1. The van der Waals surface area contributed by atoms with Crippen LogP contribution in [0.5, 0.6) is 0 Å². The van der Waals surface area contributed by atoms with Crippen molar-refractivity contribution < 1.29 is 4.55 Å². The van der Waals surface area contributed by atoms with Crippen molar-refractivity contribution in [3.8, 4) is 0 Å². The minimum absolute atomic E-state index is 0.400. The molecule has 0 aliphatic rings. The van der Waals surface area contributed by atoms with Crippen LogP contribution in [0.3, 0.4) is 0 Å². The summed E-state index contributed by atoms with van der Waals surface area (Å²) in [6.07, 6.45) is 0. The van der Waals surface area contributed by atoms with E-state index in [9.17, 15) is 4.55 Å². The summed E-state index contributed by atoms with van der Waals surface area (Å²) in [5, 5.41) is 5.54. The number of rotatable bonds is 1. The van der Waals surface area contributed by atoms with Gasteiger partial charge in [0.25, 0.3) is 5.03 Å². The minimum Gasteiger partial charge on any atom is -0.592 e. The molecule has 60 valence electrons. The van der Waals surface area contributed by atoms with Gasteiger partial charge in [-0.2, -0.15) is 4.98 Å². The fraction of sp³-hybridized carbons (Fsp3) is 0.167. The molecule has 0 spiro atoms. The summed E-state index contributed by atoms with van der Waals surface area (Å²) >= 11 is 1.69. The Labute approximate surface area is 76.5 Å². The van der Waals surface area contributed by atoms with Crippen LogP contribution in [0.4, 0.5) is 0 Å². The second-order valence-corrected chi connectivity index (χ2v) is 3.93. The molecule has 1 unspecified atom stereocenters. The van der Waals surface area contributed by atoms with E-state index in [1.54, 1.807) is 6.07 Å². The summed E-state index contributed by atoms with van der Waals surface area (Å²) in [6.45, 7) is 1.89. The standard InChI is InChI=1S/C6H7BrN2OS/c1-4-2-5(7)9-6(3-4)11(8)10/h2-3H,8H2,1H3. The summed E-state index contributed by atoms with van der Waals surface area (Å²) in [4.78, 5) is 3.93. The van der Waals surface area contributed by atoms with Crippen LogP contribution in [0.25, 0.3) is 0 Å². The molecule has 0 fully saturated rings. The molecule has 2 N–H and O–H groups in total. The van der Waals surface area contributed by atoms with Crippen molar-refractivity contribution >= 4 is 27.3 Å². The van der Waals surface area contributed by atoms with E-state index >= 15 is 0 Å². The van der Waals surface area contributed by atoms with Crippen LogP contribution in [0.1, 0.15) is 5.56 Å². The highest BCUT2D eigenvalue weighted by atomic mass is 79.9. The number of nitrogens with zero attached hydrogens (tertiary/aromatic N) is 1. The van der Waals surface area contributed by atoms with Crippen LogP contribution in [-0.4, -0.2) is 9.54 Å². The fourth-order valence-electron chi connectivity index (χ4n) is 0.697. The lowest BCUT2D eigenvalue weighted by molar-refractivity contribution is 0.592. The molecule has 11 heavy (non-hydrogen) atoms. The van der Waals surface area contributed by atoms with Crippen molar-refractivity contribution in [2.24, 2.45) is 5.14 Å². The number of hydrogen-bond acceptors (Lipinski definition) is 3. The van der Waals surface area contributed by atoms with Gasteiger partial charge >= 0.3 is 0 Å². The molecule has 0 radical (unpaired) electrons. The first-order valence-corrected chi connectivity index (χ1v) is 4.90. The highest BCUT2D eigenvalue weighted by Crippen LogP contribution is 2.12. The minimum atomic E-state index is -1.49. The topological polar surface area (TPSA) is 62.0 Å². The highest BCUT2D eigenvalue weighted by molar-refractivity contribution is 9.10. The van der Waals surface area contributed by atoms with Gasteiger partial charge in [0.05, 0.1) is 11.4 Å². The van der Waals surface area contributed by atoms with Crippen LogP contribution in [-0.2, 0) is 11.4 Å². The van der Waals surface area contributed by atoms with Crippen molar-refractivity contribution in [3.05, 3.63) is 22.3 Å². The van der Waals surface area contributed by atoms with E-state index in [4.69, 9.17) is 5.14 Å². The number of hydrogen-bond donors (Lipinski definition) is 1. The Morgan fingerprint density at radius 3 is 2.73 bits per heavy atom. The first kappa shape index (κ1) is 8.99. The molecule has 0 bridgehead atoms. The third-order valence-electron chi connectivity index (χ3n) is 1.12. The monoisotopic (exact) mass is 234 g/mol. The number of nitrogens with two attached hydrogens (primary N) is 1. The van der Waals surface area contributed by atoms with Gasteiger partial charge in [0.1, 0.15) is 4.60 Å². The molecule has 0 saturated carbocycles. The Balaban J connectivity index is 3.08. The Kier molecular flexibility index (Phi) is 2.89. The lowest BCUT2D eigenvalue weighted by atomic mass is 10.3. The van der Waals surface area contributed by atoms with E-state index < -0.39 is 11.4 Å². The van der Waals surface area contributed by atoms with Crippen molar-refractivity contribution in [2.75, 3.05) is 0 Å². The summed E-state index contributed by atoms with van der Waals surface area (Å²) in [5.74, 6) is 0. The molecule has 0 amide bonds. The molecule has 5 heteroatoms. The molecule has 1 aromatic rings. The predicted octanol–water partition coefficient (Wildman–Crippen LogP) is 1.13. The molecular weight excluding hydrogens is 228 g/mol. The van der Waals surface area contributed by atoms with Crippen molar-refractivity contribution in [1.29, 1.82) is 0 Å². The van der Waals surface area contributed by atoms with E-state index in [2.05, 4.69) is 20.9 Å².